The zero-order valence-electron chi connectivity index (χ0n) is 14.0. The Hall–Kier alpha value is -0.0800. The van der Waals surface area contributed by atoms with Crippen LogP contribution in [0.4, 0.5) is 4.79 Å². The Labute approximate surface area is 147 Å². The second-order valence-corrected chi connectivity index (χ2v) is 8.81. The predicted octanol–water partition coefficient (Wildman–Crippen LogP) is 3.38. The van der Waals surface area contributed by atoms with Crippen molar-refractivity contribution in [2.75, 3.05) is 20.2 Å². The summed E-state index contributed by atoms with van der Waals surface area (Å²) in [5, 5.41) is 0. The summed E-state index contributed by atoms with van der Waals surface area (Å²) >= 11 is 2.39. The van der Waals surface area contributed by atoms with E-state index in [1.54, 1.807) is 12.0 Å². The maximum atomic E-state index is 12.2. The van der Waals surface area contributed by atoms with Crippen LogP contribution in [-0.4, -0.2) is 59.0 Å². The number of hydrogen-bond donors (Lipinski definition) is 0. The molecule has 0 radical (unpaired) electrons. The van der Waals surface area contributed by atoms with Gasteiger partial charge in [-0.3, -0.25) is 0 Å². The van der Waals surface area contributed by atoms with Crippen LogP contribution in [0.1, 0.15) is 46.5 Å². The highest BCUT2D eigenvalue weighted by molar-refractivity contribution is 14.1. The summed E-state index contributed by atoms with van der Waals surface area (Å²) in [4.78, 5) is 13.9. The minimum absolute atomic E-state index is 0.109. The quantitative estimate of drug-likeness (QED) is 0.514. The molecule has 22 heavy (non-hydrogen) atoms. The standard InChI is InChI=1S/C16H28INO4/c1-16(2,3)22-15(19)18-9-13(17)14(10-18)21-12-7-5-11(20-4)6-8-12/h11-14H,5-10H2,1-4H3. The lowest BCUT2D eigenvalue weighted by molar-refractivity contribution is -0.0484. The summed E-state index contributed by atoms with van der Waals surface area (Å²) in [6.45, 7) is 7.01. The van der Waals surface area contributed by atoms with Gasteiger partial charge in [0, 0.05) is 13.7 Å². The molecule has 1 aliphatic carbocycles. The molecule has 0 aromatic heterocycles. The number of ether oxygens (including phenoxy) is 3. The third-order valence-electron chi connectivity index (χ3n) is 4.17. The number of rotatable bonds is 3. The van der Waals surface area contributed by atoms with E-state index in [1.807, 2.05) is 20.8 Å². The van der Waals surface area contributed by atoms with Crippen LogP contribution in [-0.2, 0) is 14.2 Å². The van der Waals surface area contributed by atoms with E-state index >= 15 is 0 Å². The van der Waals surface area contributed by atoms with E-state index in [9.17, 15) is 4.79 Å². The molecule has 6 heteroatoms. The molecule has 0 aromatic carbocycles. The van der Waals surface area contributed by atoms with Crippen LogP contribution >= 0.6 is 22.6 Å². The van der Waals surface area contributed by atoms with E-state index in [4.69, 9.17) is 14.2 Å². The van der Waals surface area contributed by atoms with E-state index in [-0.39, 0.29) is 12.2 Å². The first-order valence-corrected chi connectivity index (χ1v) is 9.33. The number of nitrogens with zero attached hydrogens (tertiary/aromatic N) is 1. The van der Waals surface area contributed by atoms with Gasteiger partial charge in [0.2, 0.25) is 0 Å². The number of carbonyl (C=O) groups is 1. The van der Waals surface area contributed by atoms with Crippen molar-refractivity contribution < 1.29 is 19.0 Å². The van der Waals surface area contributed by atoms with E-state index in [0.717, 1.165) is 25.7 Å². The van der Waals surface area contributed by atoms with Gasteiger partial charge in [-0.15, -0.1) is 0 Å². The lowest BCUT2D eigenvalue weighted by Crippen LogP contribution is -2.37. The van der Waals surface area contributed by atoms with Crippen LogP contribution in [0.25, 0.3) is 0 Å². The highest BCUT2D eigenvalue weighted by atomic mass is 127. The second kappa shape index (κ2) is 7.66. The Morgan fingerprint density at radius 1 is 1.09 bits per heavy atom. The molecule has 1 amide bonds. The predicted molar refractivity (Wildman–Crippen MR) is 93.5 cm³/mol. The lowest BCUT2D eigenvalue weighted by atomic mass is 9.95. The molecule has 1 heterocycles. The first kappa shape index (κ1) is 18.3. The molecule has 2 rings (SSSR count). The largest absolute Gasteiger partial charge is 0.444 e. The van der Waals surface area contributed by atoms with Crippen molar-refractivity contribution in [3.8, 4) is 0 Å². The molecule has 0 bridgehead atoms. The number of methoxy groups -OCH3 is 1. The van der Waals surface area contributed by atoms with Crippen LogP contribution in [0.2, 0.25) is 0 Å². The van der Waals surface area contributed by atoms with Crippen molar-refractivity contribution in [2.24, 2.45) is 0 Å². The topological polar surface area (TPSA) is 48.0 Å². The molecule has 1 saturated heterocycles. The molecule has 0 aromatic rings. The summed E-state index contributed by atoms with van der Waals surface area (Å²) in [5.74, 6) is 0. The maximum Gasteiger partial charge on any atom is 0.410 e. The summed E-state index contributed by atoms with van der Waals surface area (Å²) in [6.07, 6.45) is 4.78. The van der Waals surface area contributed by atoms with Gasteiger partial charge in [-0.2, -0.15) is 0 Å². The van der Waals surface area contributed by atoms with Gasteiger partial charge in [-0.05, 0) is 46.5 Å². The Morgan fingerprint density at radius 2 is 1.68 bits per heavy atom. The molecule has 0 N–H and O–H groups in total. The Balaban J connectivity index is 1.80. The van der Waals surface area contributed by atoms with Gasteiger partial charge in [0.05, 0.1) is 28.8 Å². The van der Waals surface area contributed by atoms with Gasteiger partial charge in [0.25, 0.3) is 0 Å². The molecule has 2 unspecified atom stereocenters. The smallest absolute Gasteiger partial charge is 0.410 e. The van der Waals surface area contributed by atoms with Crippen molar-refractivity contribution in [1.82, 2.24) is 4.90 Å². The highest BCUT2D eigenvalue weighted by Crippen LogP contribution is 2.29. The second-order valence-electron chi connectivity index (χ2n) is 7.21. The lowest BCUT2D eigenvalue weighted by Gasteiger charge is -2.30. The highest BCUT2D eigenvalue weighted by Gasteiger charge is 2.38. The van der Waals surface area contributed by atoms with Crippen LogP contribution in [0.3, 0.4) is 0 Å². The average Bonchev–Trinajstić information content (AvgIpc) is 2.79. The normalized spacial score (nSPS) is 33.0. The van der Waals surface area contributed by atoms with E-state index < -0.39 is 5.60 Å². The SMILES string of the molecule is COC1CCC(OC2CN(C(=O)OC(C)(C)C)CC2I)CC1. The molecule has 1 saturated carbocycles. The molecular formula is C16H28INO4. The van der Waals surface area contributed by atoms with Crippen molar-refractivity contribution in [1.29, 1.82) is 0 Å². The first-order valence-electron chi connectivity index (χ1n) is 8.08. The Kier molecular flexibility index (Phi) is 6.36. The maximum absolute atomic E-state index is 12.2. The van der Waals surface area contributed by atoms with Crippen LogP contribution in [0, 0.1) is 0 Å². The third-order valence-corrected chi connectivity index (χ3v) is 5.37. The zero-order valence-corrected chi connectivity index (χ0v) is 16.2. The molecule has 0 spiro atoms. The monoisotopic (exact) mass is 425 g/mol. The van der Waals surface area contributed by atoms with Crippen molar-refractivity contribution in [2.45, 2.75) is 74.3 Å². The van der Waals surface area contributed by atoms with E-state index in [0.29, 0.717) is 29.2 Å². The number of likely N-dealkylation sites (tertiary alicyclic amines) is 1. The Morgan fingerprint density at radius 3 is 2.23 bits per heavy atom. The van der Waals surface area contributed by atoms with Crippen molar-refractivity contribution >= 4 is 28.7 Å². The first-order chi connectivity index (χ1) is 10.3. The molecule has 2 aliphatic rings. The number of carbonyl (C=O) groups excluding carboxylic acids is 1. The van der Waals surface area contributed by atoms with Gasteiger partial charge in [0.15, 0.2) is 0 Å². The van der Waals surface area contributed by atoms with Gasteiger partial charge < -0.3 is 19.1 Å². The minimum Gasteiger partial charge on any atom is -0.444 e. The molecule has 5 nitrogen and oxygen atoms in total. The third kappa shape index (κ3) is 5.23. The Bertz CT molecular complexity index is 377. The van der Waals surface area contributed by atoms with E-state index in [2.05, 4.69) is 22.6 Å². The molecule has 2 atom stereocenters. The summed E-state index contributed by atoms with van der Waals surface area (Å²) in [6, 6.07) is 0. The van der Waals surface area contributed by atoms with Crippen LogP contribution in [0.5, 0.6) is 0 Å². The summed E-state index contributed by atoms with van der Waals surface area (Å²) in [7, 11) is 1.78. The van der Waals surface area contributed by atoms with Gasteiger partial charge in [0.1, 0.15) is 5.60 Å². The number of halogens is 1. The van der Waals surface area contributed by atoms with Crippen LogP contribution < -0.4 is 0 Å². The number of amides is 1. The number of alkyl halides is 1. The van der Waals surface area contributed by atoms with Crippen LogP contribution in [0.15, 0.2) is 0 Å². The fraction of sp³-hybridized carbons (Fsp3) is 0.938. The number of hydrogen-bond acceptors (Lipinski definition) is 4. The van der Waals surface area contributed by atoms with Gasteiger partial charge >= 0.3 is 6.09 Å². The van der Waals surface area contributed by atoms with Crippen molar-refractivity contribution in [3.05, 3.63) is 0 Å². The fourth-order valence-corrected chi connectivity index (χ4v) is 3.86. The molecule has 2 fully saturated rings. The minimum atomic E-state index is -0.449. The fourth-order valence-electron chi connectivity index (χ4n) is 2.99. The average molecular weight is 425 g/mol. The summed E-state index contributed by atoms with van der Waals surface area (Å²) in [5.41, 5.74) is -0.449. The molecule has 1 aliphatic heterocycles. The zero-order chi connectivity index (χ0) is 16.3. The van der Waals surface area contributed by atoms with Gasteiger partial charge in [-0.25, -0.2) is 4.79 Å². The molecule has 128 valence electrons. The molecular weight excluding hydrogens is 397 g/mol. The van der Waals surface area contributed by atoms with Crippen molar-refractivity contribution in [3.63, 3.8) is 0 Å². The summed E-state index contributed by atoms with van der Waals surface area (Å²) < 4.78 is 17.4. The van der Waals surface area contributed by atoms with E-state index in [1.165, 1.54) is 0 Å². The van der Waals surface area contributed by atoms with Gasteiger partial charge in [-0.1, -0.05) is 22.6 Å².